The molecular weight excluding hydrogens is 254 g/mol. The Morgan fingerprint density at radius 2 is 2.00 bits per heavy atom. The normalized spacial score (nSPS) is 10.8. The van der Waals surface area contributed by atoms with Crippen LogP contribution in [0.4, 0.5) is 0 Å². The van der Waals surface area contributed by atoms with Gasteiger partial charge >= 0.3 is 5.97 Å². The number of aryl methyl sites for hydroxylation is 1. The van der Waals surface area contributed by atoms with Crippen molar-refractivity contribution in [3.05, 3.63) is 53.9 Å². The van der Waals surface area contributed by atoms with Crippen molar-refractivity contribution in [1.29, 1.82) is 0 Å². The second-order valence-electron chi connectivity index (χ2n) is 4.46. The number of rotatable bonds is 3. The van der Waals surface area contributed by atoms with Crippen LogP contribution in [0.2, 0.25) is 0 Å². The van der Waals surface area contributed by atoms with Gasteiger partial charge in [0.2, 0.25) is 0 Å². The molecule has 0 bridgehead atoms. The maximum atomic E-state index is 11.4. The fraction of sp³-hybridized carbons (Fsp3) is 0.133. The first-order valence-corrected chi connectivity index (χ1v) is 6.37. The van der Waals surface area contributed by atoms with Gasteiger partial charge in [-0.2, -0.15) is 5.10 Å². The molecule has 0 amide bonds. The molecule has 20 heavy (non-hydrogen) atoms. The van der Waals surface area contributed by atoms with Crippen molar-refractivity contribution in [3.8, 4) is 11.3 Å². The molecule has 1 aromatic carbocycles. The highest BCUT2D eigenvalue weighted by atomic mass is 16.4. The lowest BCUT2D eigenvalue weighted by molar-refractivity contribution is 0.0687. The number of hydrogen-bond donors (Lipinski definition) is 1. The van der Waals surface area contributed by atoms with E-state index >= 15 is 0 Å². The Hall–Kier alpha value is -2.69. The number of aromatic nitrogens is 3. The van der Waals surface area contributed by atoms with Crippen LogP contribution in [0, 0.1) is 0 Å². The van der Waals surface area contributed by atoms with E-state index in [1.807, 2.05) is 43.3 Å². The number of hydrogen-bond acceptors (Lipinski definition) is 3. The highest BCUT2D eigenvalue weighted by molar-refractivity contribution is 5.88. The molecule has 0 unspecified atom stereocenters. The molecule has 0 atom stereocenters. The Bertz CT molecular complexity index is 778. The zero-order valence-electron chi connectivity index (χ0n) is 10.9. The number of aromatic carboxylic acids is 1. The summed E-state index contributed by atoms with van der Waals surface area (Å²) in [4.78, 5) is 15.9. The molecule has 0 fully saturated rings. The van der Waals surface area contributed by atoms with Crippen LogP contribution >= 0.6 is 0 Å². The van der Waals surface area contributed by atoms with Crippen molar-refractivity contribution in [2.45, 2.75) is 13.3 Å². The minimum Gasteiger partial charge on any atom is -0.477 e. The molecule has 0 aliphatic heterocycles. The Morgan fingerprint density at radius 3 is 2.65 bits per heavy atom. The van der Waals surface area contributed by atoms with Crippen LogP contribution < -0.4 is 0 Å². The van der Waals surface area contributed by atoms with Crippen LogP contribution in [0.25, 0.3) is 16.9 Å². The highest BCUT2D eigenvalue weighted by Gasteiger charge is 2.14. The number of fused-ring (bicyclic) bond motifs is 1. The van der Waals surface area contributed by atoms with Gasteiger partial charge in [-0.1, -0.05) is 37.3 Å². The Labute approximate surface area is 115 Å². The van der Waals surface area contributed by atoms with E-state index in [2.05, 4.69) is 10.1 Å². The van der Waals surface area contributed by atoms with Crippen molar-refractivity contribution in [1.82, 2.24) is 14.6 Å². The van der Waals surface area contributed by atoms with E-state index in [-0.39, 0.29) is 5.69 Å². The Kier molecular flexibility index (Phi) is 2.95. The zero-order valence-corrected chi connectivity index (χ0v) is 10.9. The minimum atomic E-state index is -1.01. The molecule has 5 heteroatoms. The summed E-state index contributed by atoms with van der Waals surface area (Å²) in [6.07, 6.45) is 0.739. The molecule has 2 aromatic heterocycles. The van der Waals surface area contributed by atoms with Gasteiger partial charge < -0.3 is 5.11 Å². The predicted octanol–water partition coefficient (Wildman–Crippen LogP) is 2.66. The molecule has 3 rings (SSSR count). The van der Waals surface area contributed by atoms with Crippen LogP contribution in [0.15, 0.2) is 42.5 Å². The van der Waals surface area contributed by atoms with Crippen LogP contribution in [0.1, 0.15) is 23.1 Å². The summed E-state index contributed by atoms with van der Waals surface area (Å²) in [5, 5.41) is 13.6. The van der Waals surface area contributed by atoms with Gasteiger partial charge in [0, 0.05) is 11.6 Å². The number of carbonyl (C=O) groups is 1. The molecule has 0 aliphatic carbocycles. The third-order valence-electron chi connectivity index (χ3n) is 3.13. The van der Waals surface area contributed by atoms with Crippen LogP contribution in [0.3, 0.4) is 0 Å². The molecule has 0 aliphatic rings. The SMILES string of the molecule is CCc1cc2nc(-c3ccccc3)cc(C(=O)O)n2n1. The van der Waals surface area contributed by atoms with E-state index in [0.29, 0.717) is 11.3 Å². The van der Waals surface area contributed by atoms with Gasteiger partial charge in [-0.3, -0.25) is 0 Å². The highest BCUT2D eigenvalue weighted by Crippen LogP contribution is 2.20. The topological polar surface area (TPSA) is 67.5 Å². The van der Waals surface area contributed by atoms with Crippen molar-refractivity contribution in [2.75, 3.05) is 0 Å². The summed E-state index contributed by atoms with van der Waals surface area (Å²) >= 11 is 0. The van der Waals surface area contributed by atoms with E-state index < -0.39 is 5.97 Å². The van der Waals surface area contributed by atoms with Gasteiger partial charge in [0.1, 0.15) is 0 Å². The van der Waals surface area contributed by atoms with E-state index in [0.717, 1.165) is 17.7 Å². The molecule has 100 valence electrons. The smallest absolute Gasteiger partial charge is 0.354 e. The van der Waals surface area contributed by atoms with Gasteiger partial charge in [-0.25, -0.2) is 14.3 Å². The molecule has 0 saturated heterocycles. The lowest BCUT2D eigenvalue weighted by Gasteiger charge is -2.04. The number of carboxylic acid groups (broad SMARTS) is 1. The van der Waals surface area contributed by atoms with E-state index in [1.165, 1.54) is 4.52 Å². The maximum Gasteiger partial charge on any atom is 0.354 e. The van der Waals surface area contributed by atoms with E-state index in [4.69, 9.17) is 0 Å². The van der Waals surface area contributed by atoms with Gasteiger partial charge in [-0.15, -0.1) is 0 Å². The summed E-state index contributed by atoms with van der Waals surface area (Å²) in [6.45, 7) is 1.97. The third kappa shape index (κ3) is 2.03. The third-order valence-corrected chi connectivity index (χ3v) is 3.13. The first kappa shape index (κ1) is 12.3. The monoisotopic (exact) mass is 267 g/mol. The minimum absolute atomic E-state index is 0.119. The van der Waals surface area contributed by atoms with Crippen molar-refractivity contribution in [2.24, 2.45) is 0 Å². The molecule has 0 saturated carbocycles. The van der Waals surface area contributed by atoms with Crippen molar-refractivity contribution < 1.29 is 9.90 Å². The van der Waals surface area contributed by atoms with Crippen LogP contribution in [-0.4, -0.2) is 25.7 Å². The molecule has 0 radical (unpaired) electrons. The second kappa shape index (κ2) is 4.77. The molecular formula is C15H13N3O2. The number of carboxylic acids is 1. The standard InChI is InChI=1S/C15H13N3O2/c1-2-11-8-14-16-12(10-6-4-3-5-7-10)9-13(15(19)20)18(14)17-11/h3-9H,2H2,1H3,(H,19,20). The van der Waals surface area contributed by atoms with Gasteiger partial charge in [-0.05, 0) is 12.5 Å². The summed E-state index contributed by atoms with van der Waals surface area (Å²) in [7, 11) is 0. The van der Waals surface area contributed by atoms with Crippen molar-refractivity contribution in [3.63, 3.8) is 0 Å². The van der Waals surface area contributed by atoms with Gasteiger partial charge in [0.15, 0.2) is 11.3 Å². The first-order chi connectivity index (χ1) is 9.69. The van der Waals surface area contributed by atoms with Crippen LogP contribution in [-0.2, 0) is 6.42 Å². The molecule has 0 spiro atoms. The van der Waals surface area contributed by atoms with E-state index in [1.54, 1.807) is 6.07 Å². The Morgan fingerprint density at radius 1 is 1.25 bits per heavy atom. The molecule has 2 heterocycles. The van der Waals surface area contributed by atoms with Crippen LogP contribution in [0.5, 0.6) is 0 Å². The van der Waals surface area contributed by atoms with Gasteiger partial charge in [0.25, 0.3) is 0 Å². The maximum absolute atomic E-state index is 11.4. The predicted molar refractivity (Wildman–Crippen MR) is 74.8 cm³/mol. The lowest BCUT2D eigenvalue weighted by Crippen LogP contribution is -2.08. The number of benzene rings is 1. The first-order valence-electron chi connectivity index (χ1n) is 6.37. The quantitative estimate of drug-likeness (QED) is 0.792. The fourth-order valence-electron chi connectivity index (χ4n) is 2.10. The van der Waals surface area contributed by atoms with Gasteiger partial charge in [0.05, 0.1) is 11.4 Å². The average Bonchev–Trinajstić information content (AvgIpc) is 2.89. The molecule has 3 aromatic rings. The molecule has 1 N–H and O–H groups in total. The van der Waals surface area contributed by atoms with E-state index in [9.17, 15) is 9.90 Å². The summed E-state index contributed by atoms with van der Waals surface area (Å²) in [6, 6.07) is 12.9. The number of nitrogens with zero attached hydrogens (tertiary/aromatic N) is 3. The summed E-state index contributed by atoms with van der Waals surface area (Å²) in [5.74, 6) is -1.01. The lowest BCUT2D eigenvalue weighted by atomic mass is 10.1. The average molecular weight is 267 g/mol. The summed E-state index contributed by atoms with van der Waals surface area (Å²) < 4.78 is 1.38. The van der Waals surface area contributed by atoms with Crippen molar-refractivity contribution >= 4 is 11.6 Å². The molecule has 5 nitrogen and oxygen atoms in total. The largest absolute Gasteiger partial charge is 0.477 e. The second-order valence-corrected chi connectivity index (χ2v) is 4.46. The Balaban J connectivity index is 2.27. The summed E-state index contributed by atoms with van der Waals surface area (Å²) in [5.41, 5.74) is 3.02. The zero-order chi connectivity index (χ0) is 14.1. The fourth-order valence-corrected chi connectivity index (χ4v) is 2.10.